The minimum Gasteiger partial charge on any atom is -0.465 e. The van der Waals surface area contributed by atoms with Crippen LogP contribution in [0.15, 0.2) is 36.4 Å². The van der Waals surface area contributed by atoms with E-state index in [0.29, 0.717) is 40.9 Å². The number of anilines is 2. The number of carbonyl (C=O) groups is 2. The summed E-state index contributed by atoms with van der Waals surface area (Å²) < 4.78 is 19.7. The summed E-state index contributed by atoms with van der Waals surface area (Å²) in [6.45, 7) is 5.62. The van der Waals surface area contributed by atoms with Crippen molar-refractivity contribution >= 4 is 34.2 Å². The molecule has 0 aliphatic carbocycles. The van der Waals surface area contributed by atoms with Crippen LogP contribution in [0, 0.1) is 5.82 Å². The van der Waals surface area contributed by atoms with Crippen LogP contribution in [0.5, 0.6) is 6.01 Å². The fraction of sp³-hybridized carbons (Fsp3) is 0.375. The van der Waals surface area contributed by atoms with Gasteiger partial charge in [-0.2, -0.15) is 4.98 Å². The molecule has 1 fully saturated rings. The number of nitrogens with zero attached hydrogens (tertiary/aromatic N) is 2. The van der Waals surface area contributed by atoms with Crippen molar-refractivity contribution in [1.29, 1.82) is 0 Å². The molecular weight excluding hydrogens is 425 g/mol. The normalized spacial score (nSPS) is 16.5. The van der Waals surface area contributed by atoms with E-state index in [1.165, 1.54) is 24.6 Å². The molecule has 1 atom stereocenters. The van der Waals surface area contributed by atoms with Gasteiger partial charge in [0.05, 0.1) is 29.9 Å². The molecule has 0 spiro atoms. The van der Waals surface area contributed by atoms with E-state index in [9.17, 15) is 14.0 Å². The van der Waals surface area contributed by atoms with Gasteiger partial charge in [0.1, 0.15) is 5.82 Å². The van der Waals surface area contributed by atoms with Crippen LogP contribution in [-0.2, 0) is 4.79 Å². The monoisotopic (exact) mass is 453 g/mol. The van der Waals surface area contributed by atoms with Gasteiger partial charge in [0.15, 0.2) is 0 Å². The maximum Gasteiger partial charge on any atom is 0.294 e. The Hall–Kier alpha value is -3.46. The van der Waals surface area contributed by atoms with Gasteiger partial charge in [-0.3, -0.25) is 14.5 Å². The van der Waals surface area contributed by atoms with Crippen molar-refractivity contribution in [3.8, 4) is 6.01 Å². The van der Waals surface area contributed by atoms with Gasteiger partial charge in [-0.25, -0.2) is 4.39 Å². The molecule has 3 N–H and O–H groups in total. The molecule has 3 aromatic rings. The first-order chi connectivity index (χ1) is 15.9. The first-order valence-corrected chi connectivity index (χ1v) is 11.2. The molecule has 1 unspecified atom stereocenters. The number of ether oxygens (including phenoxy) is 1. The van der Waals surface area contributed by atoms with E-state index in [4.69, 9.17) is 4.74 Å². The number of aromatic nitrogens is 2. The second-order valence-corrected chi connectivity index (χ2v) is 8.22. The van der Waals surface area contributed by atoms with Gasteiger partial charge in [-0.15, -0.1) is 0 Å². The third kappa shape index (κ3) is 5.48. The van der Waals surface area contributed by atoms with E-state index in [0.717, 1.165) is 19.4 Å². The number of amides is 2. The summed E-state index contributed by atoms with van der Waals surface area (Å²) in [6, 6.07) is 9.80. The molecule has 1 aliphatic rings. The van der Waals surface area contributed by atoms with Crippen LogP contribution >= 0.6 is 0 Å². The summed E-state index contributed by atoms with van der Waals surface area (Å²) >= 11 is 0. The molecule has 0 saturated carbocycles. The number of fused-ring (bicyclic) bond motifs is 1. The standard InChI is InChI=1S/C24H28FN5O3/c1-3-33-24-28-19-10-7-16(12-21(19)29-24)23(32)27-20-13-17(8-9-18(20)25)26-22(31)14-30-11-5-4-6-15(30)2/h7-10,12-13,15H,3-6,11,14H2,1-2H3,(H,26,31)(H,27,32)(H,28,29). The lowest BCUT2D eigenvalue weighted by molar-refractivity contribution is -0.118. The number of H-pyrrole nitrogens is 1. The number of nitrogens with one attached hydrogen (secondary N) is 3. The number of likely N-dealkylation sites (tertiary alicyclic amines) is 1. The Kier molecular flexibility index (Phi) is 6.88. The van der Waals surface area contributed by atoms with Crippen molar-refractivity contribution in [3.05, 3.63) is 47.8 Å². The smallest absolute Gasteiger partial charge is 0.294 e. The molecule has 1 aliphatic heterocycles. The van der Waals surface area contributed by atoms with Gasteiger partial charge in [0.25, 0.3) is 11.9 Å². The number of hydrogen-bond donors (Lipinski definition) is 3. The average molecular weight is 454 g/mol. The zero-order valence-electron chi connectivity index (χ0n) is 18.8. The van der Waals surface area contributed by atoms with Crippen molar-refractivity contribution < 1.29 is 18.7 Å². The molecule has 2 amide bonds. The molecule has 0 bridgehead atoms. The van der Waals surface area contributed by atoms with Gasteiger partial charge < -0.3 is 20.4 Å². The highest BCUT2D eigenvalue weighted by Gasteiger charge is 2.21. The third-order valence-corrected chi connectivity index (χ3v) is 5.79. The highest BCUT2D eigenvalue weighted by Crippen LogP contribution is 2.23. The molecule has 1 aromatic heterocycles. The Morgan fingerprint density at radius 2 is 2.06 bits per heavy atom. The Balaban J connectivity index is 1.43. The number of hydrogen-bond acceptors (Lipinski definition) is 5. The number of carbonyl (C=O) groups excluding carboxylic acids is 2. The molecule has 2 aromatic carbocycles. The van der Waals surface area contributed by atoms with E-state index in [2.05, 4.69) is 32.4 Å². The number of imidazole rings is 1. The first kappa shape index (κ1) is 22.7. The van der Waals surface area contributed by atoms with Crippen LogP contribution in [0.1, 0.15) is 43.5 Å². The van der Waals surface area contributed by atoms with Crippen LogP contribution < -0.4 is 15.4 Å². The van der Waals surface area contributed by atoms with E-state index < -0.39 is 11.7 Å². The van der Waals surface area contributed by atoms with E-state index >= 15 is 0 Å². The molecule has 9 heteroatoms. The molecule has 8 nitrogen and oxygen atoms in total. The predicted molar refractivity (Wildman–Crippen MR) is 125 cm³/mol. The summed E-state index contributed by atoms with van der Waals surface area (Å²) in [6.07, 6.45) is 3.35. The minimum absolute atomic E-state index is 0.0103. The topological polar surface area (TPSA) is 99.3 Å². The van der Waals surface area contributed by atoms with Crippen LogP contribution in [-0.4, -0.2) is 52.4 Å². The summed E-state index contributed by atoms with van der Waals surface area (Å²) in [4.78, 5) is 34.6. The molecule has 174 valence electrons. The quantitative estimate of drug-likeness (QED) is 0.499. The number of piperidine rings is 1. The van der Waals surface area contributed by atoms with Crippen LogP contribution in [0.2, 0.25) is 0 Å². The molecule has 0 radical (unpaired) electrons. The lowest BCUT2D eigenvalue weighted by atomic mass is 10.0. The predicted octanol–water partition coefficient (Wildman–Crippen LogP) is 4.17. The highest BCUT2D eigenvalue weighted by atomic mass is 19.1. The Labute approximate surface area is 191 Å². The van der Waals surface area contributed by atoms with E-state index in [1.807, 2.05) is 6.92 Å². The lowest BCUT2D eigenvalue weighted by Crippen LogP contribution is -2.42. The van der Waals surface area contributed by atoms with Crippen molar-refractivity contribution in [2.45, 2.75) is 39.2 Å². The van der Waals surface area contributed by atoms with Crippen molar-refractivity contribution in [3.63, 3.8) is 0 Å². The minimum atomic E-state index is -0.591. The first-order valence-electron chi connectivity index (χ1n) is 11.2. The second-order valence-electron chi connectivity index (χ2n) is 8.22. The van der Waals surface area contributed by atoms with Gasteiger partial charge in [-0.1, -0.05) is 6.42 Å². The molecular formula is C24H28FN5O3. The maximum atomic E-state index is 14.4. The average Bonchev–Trinajstić information content (AvgIpc) is 3.19. The number of rotatable bonds is 7. The van der Waals surface area contributed by atoms with Crippen molar-refractivity contribution in [2.24, 2.45) is 0 Å². The maximum absolute atomic E-state index is 14.4. The van der Waals surface area contributed by atoms with Crippen LogP contribution in [0.4, 0.5) is 15.8 Å². The molecule has 1 saturated heterocycles. The SMILES string of the molecule is CCOc1nc2ccc(C(=O)Nc3cc(NC(=O)CN4CCCCC4C)ccc3F)cc2[nH]1. The van der Waals surface area contributed by atoms with Gasteiger partial charge in [0.2, 0.25) is 5.91 Å². The zero-order chi connectivity index (χ0) is 23.4. The number of benzene rings is 2. The largest absolute Gasteiger partial charge is 0.465 e. The summed E-state index contributed by atoms with van der Waals surface area (Å²) in [7, 11) is 0. The van der Waals surface area contributed by atoms with Crippen molar-refractivity contribution in [1.82, 2.24) is 14.9 Å². The van der Waals surface area contributed by atoms with Crippen LogP contribution in [0.3, 0.4) is 0 Å². The summed E-state index contributed by atoms with van der Waals surface area (Å²) in [5.74, 6) is -1.23. The highest BCUT2D eigenvalue weighted by molar-refractivity contribution is 6.06. The summed E-state index contributed by atoms with van der Waals surface area (Å²) in [5, 5.41) is 5.39. The van der Waals surface area contributed by atoms with E-state index in [-0.39, 0.29) is 18.1 Å². The fourth-order valence-electron chi connectivity index (χ4n) is 4.00. The zero-order valence-corrected chi connectivity index (χ0v) is 18.8. The molecule has 33 heavy (non-hydrogen) atoms. The van der Waals surface area contributed by atoms with E-state index in [1.54, 1.807) is 18.2 Å². The van der Waals surface area contributed by atoms with Gasteiger partial charge in [-0.05, 0) is 69.6 Å². The fourth-order valence-corrected chi connectivity index (χ4v) is 4.00. The number of aromatic amines is 1. The van der Waals surface area contributed by atoms with Crippen molar-refractivity contribution in [2.75, 3.05) is 30.3 Å². The summed E-state index contributed by atoms with van der Waals surface area (Å²) in [5.41, 5.74) is 2.05. The molecule has 2 heterocycles. The number of halogens is 1. The van der Waals surface area contributed by atoms with Crippen LogP contribution in [0.25, 0.3) is 11.0 Å². The third-order valence-electron chi connectivity index (χ3n) is 5.79. The Bertz CT molecular complexity index is 1160. The lowest BCUT2D eigenvalue weighted by Gasteiger charge is -2.32. The molecule has 4 rings (SSSR count). The second kappa shape index (κ2) is 9.99. The Morgan fingerprint density at radius 1 is 1.21 bits per heavy atom. The van der Waals surface area contributed by atoms with Gasteiger partial charge in [0, 0.05) is 17.3 Å². The Morgan fingerprint density at radius 3 is 2.85 bits per heavy atom. The van der Waals surface area contributed by atoms with Gasteiger partial charge >= 0.3 is 0 Å².